The molecule has 1 unspecified atom stereocenters. The molecule has 2 aromatic heterocycles. The second kappa shape index (κ2) is 11.2. The second-order valence-electron chi connectivity index (χ2n) is 11.1. The van der Waals surface area contributed by atoms with Crippen molar-refractivity contribution in [3.05, 3.63) is 52.8 Å². The van der Waals surface area contributed by atoms with E-state index in [9.17, 15) is 9.59 Å². The van der Waals surface area contributed by atoms with Gasteiger partial charge in [-0.1, -0.05) is 0 Å². The smallest absolute Gasteiger partial charge is 0.410 e. The molecule has 0 spiro atoms. The Morgan fingerprint density at radius 1 is 1.16 bits per heavy atom. The van der Waals surface area contributed by atoms with Crippen LogP contribution in [-0.2, 0) is 20.8 Å². The van der Waals surface area contributed by atoms with Crippen LogP contribution in [0.15, 0.2) is 52.2 Å². The molecule has 2 fully saturated rings. The lowest BCUT2D eigenvalue weighted by molar-refractivity contribution is -0.0406. The minimum absolute atomic E-state index is 0.0192. The number of carbonyl (C=O) groups is 1. The number of piperidine rings is 1. The van der Waals surface area contributed by atoms with Gasteiger partial charge in [-0.25, -0.2) is 4.79 Å². The number of likely N-dealkylation sites (tertiary alicyclic amines) is 1. The Hall–Kier alpha value is -3.24. The lowest BCUT2D eigenvalue weighted by Gasteiger charge is -2.39. The van der Waals surface area contributed by atoms with Crippen LogP contribution >= 0.6 is 0 Å². The summed E-state index contributed by atoms with van der Waals surface area (Å²) in [4.78, 5) is 39.0. The van der Waals surface area contributed by atoms with E-state index in [2.05, 4.69) is 14.9 Å². The number of hydrogen-bond acceptors (Lipinski definition) is 8. The highest BCUT2D eigenvalue weighted by molar-refractivity contribution is 5.90. The summed E-state index contributed by atoms with van der Waals surface area (Å²) < 4.78 is 19.1. The molecule has 3 aliphatic rings. The number of hydrogen-bond donors (Lipinski definition) is 0. The van der Waals surface area contributed by atoms with E-state index < -0.39 is 5.60 Å². The quantitative estimate of drug-likeness (QED) is 0.573. The summed E-state index contributed by atoms with van der Waals surface area (Å²) in [5.74, 6) is 0.762. The van der Waals surface area contributed by atoms with Crippen molar-refractivity contribution in [3.8, 4) is 0 Å². The van der Waals surface area contributed by atoms with E-state index >= 15 is 0 Å². The van der Waals surface area contributed by atoms with Crippen molar-refractivity contribution in [1.29, 1.82) is 0 Å². The minimum Gasteiger partial charge on any atom is -0.491 e. The highest BCUT2D eigenvalue weighted by Crippen LogP contribution is 2.25. The second-order valence-corrected chi connectivity index (χ2v) is 11.1. The summed E-state index contributed by atoms with van der Waals surface area (Å²) >= 11 is 0. The van der Waals surface area contributed by atoms with Crippen molar-refractivity contribution in [2.75, 3.05) is 39.4 Å². The molecule has 38 heavy (non-hydrogen) atoms. The zero-order chi connectivity index (χ0) is 26.7. The summed E-state index contributed by atoms with van der Waals surface area (Å²) in [7, 11) is 0. The van der Waals surface area contributed by atoms with Gasteiger partial charge in [0.05, 0.1) is 30.4 Å². The maximum atomic E-state index is 13.3. The van der Waals surface area contributed by atoms with Crippen LogP contribution in [-0.4, -0.2) is 88.3 Å². The first-order valence-corrected chi connectivity index (χ1v) is 13.4. The lowest BCUT2D eigenvalue weighted by Crippen LogP contribution is -2.51. The van der Waals surface area contributed by atoms with Crippen molar-refractivity contribution in [3.63, 3.8) is 0 Å². The zero-order valence-electron chi connectivity index (χ0n) is 22.5. The molecule has 10 heteroatoms. The van der Waals surface area contributed by atoms with E-state index in [1.54, 1.807) is 29.1 Å². The van der Waals surface area contributed by atoms with Crippen LogP contribution in [0.5, 0.6) is 0 Å². The highest BCUT2D eigenvalue weighted by atomic mass is 16.6. The van der Waals surface area contributed by atoms with Gasteiger partial charge in [0.1, 0.15) is 24.1 Å². The van der Waals surface area contributed by atoms with E-state index in [0.717, 1.165) is 55.0 Å². The van der Waals surface area contributed by atoms with E-state index in [1.165, 1.54) is 0 Å². The number of fused-ring (bicyclic) bond motifs is 2. The molecule has 1 amide bonds. The van der Waals surface area contributed by atoms with Gasteiger partial charge in [-0.15, -0.1) is 0 Å². The Morgan fingerprint density at radius 2 is 1.97 bits per heavy atom. The molecule has 10 nitrogen and oxygen atoms in total. The number of carbonyl (C=O) groups excluding carboxylic acids is 1. The number of pyridine rings is 2. The molecule has 5 heterocycles. The summed E-state index contributed by atoms with van der Waals surface area (Å²) in [6.07, 6.45) is 5.27. The summed E-state index contributed by atoms with van der Waals surface area (Å²) in [6.45, 7) is 10.2. The zero-order valence-corrected chi connectivity index (χ0v) is 22.5. The molecule has 204 valence electrons. The Bertz CT molecular complexity index is 1270. The van der Waals surface area contributed by atoms with Crippen LogP contribution in [0.3, 0.4) is 0 Å². The number of rotatable bonds is 6. The molecule has 0 saturated carbocycles. The Balaban J connectivity index is 1.23. The standard InChI is InChI=1S/C28H37N5O5/c1-28(2,3)38-27(35)33(19-20-17-24-25(18-30-20)37-16-15-36-24)21-8-11-31(12-9-21)13-14-32-23-5-4-10-29-22(23)6-7-26(32)34/h4-7,10,18,21,24H,8-9,11-17,19H2,1-3H3. The number of aromatic nitrogens is 2. The van der Waals surface area contributed by atoms with E-state index in [4.69, 9.17) is 14.2 Å². The largest absolute Gasteiger partial charge is 0.491 e. The first kappa shape index (κ1) is 26.4. The van der Waals surface area contributed by atoms with Gasteiger partial charge in [-0.3, -0.25) is 19.7 Å². The number of ether oxygens (including phenoxy) is 3. The first-order chi connectivity index (χ1) is 18.3. The fourth-order valence-corrected chi connectivity index (χ4v) is 5.24. The molecule has 2 aromatic rings. The molecule has 0 N–H and O–H groups in total. The van der Waals surface area contributed by atoms with Gasteiger partial charge in [0.15, 0.2) is 0 Å². The van der Waals surface area contributed by atoms with Crippen LogP contribution in [0, 0.1) is 0 Å². The molecule has 0 radical (unpaired) electrons. The summed E-state index contributed by atoms with van der Waals surface area (Å²) in [6, 6.07) is 7.19. The van der Waals surface area contributed by atoms with E-state index in [0.29, 0.717) is 32.7 Å². The fraction of sp³-hybridized carbons (Fsp3) is 0.571. The summed E-state index contributed by atoms with van der Waals surface area (Å²) in [5.41, 5.74) is 1.95. The molecular formula is C28H37N5O5. The number of nitrogens with zero attached hydrogens (tertiary/aromatic N) is 5. The third-order valence-corrected chi connectivity index (χ3v) is 7.16. The SMILES string of the molecule is CC(C)(C)OC(=O)N(CC1=NC=C2OCCOC2C1)C1CCN(CCn2c(=O)ccc3ncccc32)CC1. The molecule has 1 atom stereocenters. The topological polar surface area (TPSA) is 98.5 Å². The monoisotopic (exact) mass is 523 g/mol. The lowest BCUT2D eigenvalue weighted by atomic mass is 10.0. The molecular weight excluding hydrogens is 486 g/mol. The Morgan fingerprint density at radius 3 is 2.76 bits per heavy atom. The van der Waals surface area contributed by atoms with E-state index in [-0.39, 0.29) is 23.8 Å². The third-order valence-electron chi connectivity index (χ3n) is 7.16. The summed E-state index contributed by atoms with van der Waals surface area (Å²) in [5, 5.41) is 0. The maximum Gasteiger partial charge on any atom is 0.410 e. The average molecular weight is 524 g/mol. The predicted octanol–water partition coefficient (Wildman–Crippen LogP) is 3.20. The van der Waals surface area contributed by atoms with E-state index in [1.807, 2.05) is 37.8 Å². The van der Waals surface area contributed by atoms with Gasteiger partial charge in [-0.05, 0) is 51.8 Å². The van der Waals surface area contributed by atoms with Gasteiger partial charge in [0, 0.05) is 56.6 Å². The van der Waals surface area contributed by atoms with Gasteiger partial charge in [0.2, 0.25) is 0 Å². The fourth-order valence-electron chi connectivity index (χ4n) is 5.24. The molecule has 0 aliphatic carbocycles. The van der Waals surface area contributed by atoms with Gasteiger partial charge in [-0.2, -0.15) is 0 Å². The van der Waals surface area contributed by atoms with Gasteiger partial charge in [0.25, 0.3) is 5.56 Å². The van der Waals surface area contributed by atoms with Crippen molar-refractivity contribution >= 4 is 22.8 Å². The van der Waals surface area contributed by atoms with Crippen molar-refractivity contribution in [2.24, 2.45) is 4.99 Å². The van der Waals surface area contributed by atoms with Gasteiger partial charge >= 0.3 is 6.09 Å². The van der Waals surface area contributed by atoms with Crippen LogP contribution < -0.4 is 5.56 Å². The predicted molar refractivity (Wildman–Crippen MR) is 144 cm³/mol. The molecule has 3 aliphatic heterocycles. The third kappa shape index (κ3) is 6.24. The molecule has 5 rings (SSSR count). The van der Waals surface area contributed by atoms with Crippen LogP contribution in [0.2, 0.25) is 0 Å². The van der Waals surface area contributed by atoms with Crippen molar-refractivity contribution in [2.45, 2.75) is 64.3 Å². The van der Waals surface area contributed by atoms with Crippen LogP contribution in [0.25, 0.3) is 11.0 Å². The average Bonchev–Trinajstić information content (AvgIpc) is 2.90. The normalized spacial score (nSPS) is 20.8. The van der Waals surface area contributed by atoms with Crippen molar-refractivity contribution < 1.29 is 19.0 Å². The van der Waals surface area contributed by atoms with Crippen LogP contribution in [0.1, 0.15) is 40.0 Å². The molecule has 2 saturated heterocycles. The number of amides is 1. The number of aliphatic imine (C=N–C) groups is 1. The van der Waals surface area contributed by atoms with Crippen molar-refractivity contribution in [1.82, 2.24) is 19.4 Å². The Kier molecular flexibility index (Phi) is 7.80. The molecule has 0 bridgehead atoms. The first-order valence-electron chi connectivity index (χ1n) is 13.4. The minimum atomic E-state index is -0.585. The van der Waals surface area contributed by atoms with Crippen LogP contribution in [0.4, 0.5) is 4.79 Å². The molecule has 0 aromatic carbocycles. The highest BCUT2D eigenvalue weighted by Gasteiger charge is 2.34. The Labute approximate surface area is 222 Å². The maximum absolute atomic E-state index is 13.3. The van der Waals surface area contributed by atoms with Gasteiger partial charge < -0.3 is 23.7 Å².